The Morgan fingerprint density at radius 3 is 2.60 bits per heavy atom. The molecular formula is C20H22FNOS2. The van der Waals surface area contributed by atoms with E-state index in [0.29, 0.717) is 0 Å². The van der Waals surface area contributed by atoms with Crippen LogP contribution in [-0.2, 0) is 5.60 Å². The average molecular weight is 376 g/mol. The Morgan fingerprint density at radius 1 is 1.12 bits per heavy atom. The smallest absolute Gasteiger partial charge is 0.124 e. The molecule has 0 aliphatic carbocycles. The molecule has 1 fully saturated rings. The van der Waals surface area contributed by atoms with Gasteiger partial charge >= 0.3 is 0 Å². The first-order chi connectivity index (χ1) is 12.0. The van der Waals surface area contributed by atoms with Crippen molar-refractivity contribution in [2.45, 2.75) is 33.1 Å². The Morgan fingerprint density at radius 2 is 1.88 bits per heavy atom. The number of aliphatic hydroxyl groups is 1. The molecule has 0 saturated carbocycles. The number of rotatable bonds is 2. The van der Waals surface area contributed by atoms with Gasteiger partial charge in [0.2, 0.25) is 0 Å². The lowest BCUT2D eigenvalue weighted by Crippen LogP contribution is -2.44. The standard InChI is InChI=1S/C20H22FNOS2/c1-22-9-7-13(8-10-22)20(23)16-5-3-14(21)11-19(16)25-18-6-4-15(24-2)12-17(18)20/h3-6,11-13,23H,7-10H2,1-2H3. The molecule has 2 aliphatic rings. The van der Waals surface area contributed by atoms with Crippen LogP contribution in [0.2, 0.25) is 0 Å². The van der Waals surface area contributed by atoms with Gasteiger partial charge in [-0.25, -0.2) is 4.39 Å². The molecule has 1 atom stereocenters. The molecule has 5 heteroatoms. The van der Waals surface area contributed by atoms with Crippen LogP contribution < -0.4 is 0 Å². The van der Waals surface area contributed by atoms with E-state index in [1.807, 2.05) is 0 Å². The van der Waals surface area contributed by atoms with Gasteiger partial charge in [-0.3, -0.25) is 0 Å². The van der Waals surface area contributed by atoms with Crippen LogP contribution in [0.5, 0.6) is 0 Å². The first kappa shape index (κ1) is 17.4. The highest BCUT2D eigenvalue weighted by atomic mass is 32.2. The number of benzene rings is 2. The van der Waals surface area contributed by atoms with Crippen molar-refractivity contribution in [3.8, 4) is 0 Å². The number of nitrogens with zero attached hydrogens (tertiary/aromatic N) is 1. The van der Waals surface area contributed by atoms with E-state index in [1.54, 1.807) is 35.7 Å². The second-order valence-corrected chi connectivity index (χ2v) is 8.91. The zero-order valence-corrected chi connectivity index (χ0v) is 16.1. The van der Waals surface area contributed by atoms with Crippen molar-refractivity contribution < 1.29 is 9.50 Å². The van der Waals surface area contributed by atoms with Crippen LogP contribution in [-0.4, -0.2) is 36.4 Å². The van der Waals surface area contributed by atoms with E-state index in [-0.39, 0.29) is 11.7 Å². The second-order valence-electron chi connectivity index (χ2n) is 6.95. The van der Waals surface area contributed by atoms with E-state index in [4.69, 9.17) is 0 Å². The molecule has 2 aromatic carbocycles. The third-order valence-corrected chi connectivity index (χ3v) is 7.34. The van der Waals surface area contributed by atoms with E-state index in [9.17, 15) is 9.50 Å². The number of hydrogen-bond donors (Lipinski definition) is 1. The Bertz CT molecular complexity index is 804. The van der Waals surface area contributed by atoms with E-state index in [2.05, 4.69) is 36.4 Å². The highest BCUT2D eigenvalue weighted by Crippen LogP contribution is 2.53. The van der Waals surface area contributed by atoms with Crippen LogP contribution in [0, 0.1) is 11.7 Å². The average Bonchev–Trinajstić information content (AvgIpc) is 2.62. The number of likely N-dealkylation sites (tertiary alicyclic amines) is 1. The molecular weight excluding hydrogens is 353 g/mol. The molecule has 2 heterocycles. The zero-order valence-electron chi connectivity index (χ0n) is 14.5. The normalized spacial score (nSPS) is 24.0. The van der Waals surface area contributed by atoms with Crippen molar-refractivity contribution in [1.82, 2.24) is 4.90 Å². The number of hydrogen-bond acceptors (Lipinski definition) is 4. The molecule has 2 aromatic rings. The number of piperidine rings is 1. The SMILES string of the molecule is CSc1ccc2c(c1)C(O)(C1CCN(C)CC1)c1ccc(F)cc1S2. The minimum atomic E-state index is -1.05. The summed E-state index contributed by atoms with van der Waals surface area (Å²) < 4.78 is 13.8. The van der Waals surface area contributed by atoms with Gasteiger partial charge in [0, 0.05) is 25.8 Å². The monoisotopic (exact) mass is 375 g/mol. The van der Waals surface area contributed by atoms with Gasteiger partial charge in [0.15, 0.2) is 0 Å². The Balaban J connectivity index is 1.89. The molecule has 25 heavy (non-hydrogen) atoms. The summed E-state index contributed by atoms with van der Waals surface area (Å²) in [5.41, 5.74) is 0.800. The lowest BCUT2D eigenvalue weighted by Gasteiger charge is -2.45. The molecule has 1 N–H and O–H groups in total. The van der Waals surface area contributed by atoms with Crippen molar-refractivity contribution >= 4 is 23.5 Å². The summed E-state index contributed by atoms with van der Waals surface area (Å²) in [4.78, 5) is 5.34. The van der Waals surface area contributed by atoms with Gasteiger partial charge < -0.3 is 10.0 Å². The van der Waals surface area contributed by atoms with Gasteiger partial charge in [-0.05, 0) is 75.5 Å². The van der Waals surface area contributed by atoms with Crippen molar-refractivity contribution in [2.24, 2.45) is 5.92 Å². The highest BCUT2D eigenvalue weighted by Gasteiger charge is 2.46. The van der Waals surface area contributed by atoms with Gasteiger partial charge in [-0.2, -0.15) is 0 Å². The van der Waals surface area contributed by atoms with E-state index in [1.165, 1.54) is 6.07 Å². The minimum Gasteiger partial charge on any atom is -0.380 e. The van der Waals surface area contributed by atoms with E-state index < -0.39 is 5.60 Å². The quantitative estimate of drug-likeness (QED) is 0.776. The van der Waals surface area contributed by atoms with Gasteiger partial charge in [-0.15, -0.1) is 11.8 Å². The molecule has 0 bridgehead atoms. The van der Waals surface area contributed by atoms with E-state index >= 15 is 0 Å². The lowest BCUT2D eigenvalue weighted by molar-refractivity contribution is -0.0161. The lowest BCUT2D eigenvalue weighted by atomic mass is 9.71. The fourth-order valence-corrected chi connectivity index (χ4v) is 5.69. The van der Waals surface area contributed by atoms with Crippen LogP contribution in [0.15, 0.2) is 51.1 Å². The van der Waals surface area contributed by atoms with Crippen molar-refractivity contribution in [2.75, 3.05) is 26.4 Å². The summed E-state index contributed by atoms with van der Waals surface area (Å²) >= 11 is 3.25. The third-order valence-electron chi connectivity index (χ3n) is 5.48. The molecule has 2 nitrogen and oxygen atoms in total. The predicted molar refractivity (Wildman–Crippen MR) is 102 cm³/mol. The number of fused-ring (bicyclic) bond motifs is 2. The highest BCUT2D eigenvalue weighted by molar-refractivity contribution is 7.99. The van der Waals surface area contributed by atoms with Crippen LogP contribution in [0.1, 0.15) is 24.0 Å². The van der Waals surface area contributed by atoms with Gasteiger partial charge in [0.05, 0.1) is 0 Å². The number of thioether (sulfide) groups is 1. The maximum absolute atomic E-state index is 13.8. The molecule has 0 radical (unpaired) electrons. The van der Waals surface area contributed by atoms with Crippen molar-refractivity contribution in [3.63, 3.8) is 0 Å². The first-order valence-corrected chi connectivity index (χ1v) is 10.6. The minimum absolute atomic E-state index is 0.143. The molecule has 0 amide bonds. The second kappa shape index (κ2) is 6.62. The van der Waals surface area contributed by atoms with Crippen molar-refractivity contribution in [1.29, 1.82) is 0 Å². The topological polar surface area (TPSA) is 23.5 Å². The maximum atomic E-state index is 13.8. The molecule has 0 spiro atoms. The predicted octanol–water partition coefficient (Wildman–Crippen LogP) is 4.59. The molecule has 1 unspecified atom stereocenters. The summed E-state index contributed by atoms with van der Waals surface area (Å²) in [6.07, 6.45) is 3.93. The van der Waals surface area contributed by atoms with Crippen LogP contribution >= 0.6 is 23.5 Å². The van der Waals surface area contributed by atoms with Gasteiger partial charge in [-0.1, -0.05) is 17.8 Å². The summed E-state index contributed by atoms with van der Waals surface area (Å²) in [5, 5.41) is 12.0. The Kier molecular flexibility index (Phi) is 4.61. The van der Waals surface area contributed by atoms with Crippen molar-refractivity contribution in [3.05, 3.63) is 53.3 Å². The summed E-state index contributed by atoms with van der Waals surface area (Å²) in [5.74, 6) is -0.106. The maximum Gasteiger partial charge on any atom is 0.124 e. The summed E-state index contributed by atoms with van der Waals surface area (Å²) in [7, 11) is 2.13. The molecule has 0 aromatic heterocycles. The molecule has 1 saturated heterocycles. The molecule has 4 rings (SSSR count). The largest absolute Gasteiger partial charge is 0.380 e. The fraction of sp³-hybridized carbons (Fsp3) is 0.400. The van der Waals surface area contributed by atoms with Gasteiger partial charge in [0.1, 0.15) is 11.4 Å². The summed E-state index contributed by atoms with van der Waals surface area (Å²) in [6, 6.07) is 11.1. The fourth-order valence-electron chi connectivity index (χ4n) is 4.05. The Labute approximate surface area is 156 Å². The van der Waals surface area contributed by atoms with Gasteiger partial charge in [0.25, 0.3) is 0 Å². The van der Waals surface area contributed by atoms with E-state index in [0.717, 1.165) is 51.7 Å². The molecule has 132 valence electrons. The number of halogens is 1. The van der Waals surface area contributed by atoms with Crippen LogP contribution in [0.3, 0.4) is 0 Å². The zero-order chi connectivity index (χ0) is 17.6. The Hall–Kier alpha value is -1.01. The third kappa shape index (κ3) is 2.91. The van der Waals surface area contributed by atoms with Crippen LogP contribution in [0.25, 0.3) is 0 Å². The van der Waals surface area contributed by atoms with Crippen LogP contribution in [0.4, 0.5) is 4.39 Å². The first-order valence-electron chi connectivity index (χ1n) is 8.59. The molecule has 2 aliphatic heterocycles. The summed E-state index contributed by atoms with van der Waals surface area (Å²) in [6.45, 7) is 1.96.